The van der Waals surface area contributed by atoms with Gasteiger partial charge in [0.2, 0.25) is 0 Å². The molecule has 0 aliphatic heterocycles. The van der Waals surface area contributed by atoms with Gasteiger partial charge in [-0.15, -0.1) is 0 Å². The molecule has 1 radical (unpaired) electrons. The topological polar surface area (TPSA) is 9.23 Å². The molecule has 0 rings (SSSR count). The van der Waals surface area contributed by atoms with Gasteiger partial charge in [-0.05, 0) is 19.5 Å². The fourth-order valence-corrected chi connectivity index (χ4v) is 1.08. The van der Waals surface area contributed by atoms with Crippen molar-refractivity contribution in [3.63, 3.8) is 0 Å². The van der Waals surface area contributed by atoms with Crippen molar-refractivity contribution in [2.75, 3.05) is 0 Å². The Morgan fingerprint density at radius 3 is 2.25 bits per heavy atom. The Morgan fingerprint density at radius 1 is 1.62 bits per heavy atom. The van der Waals surface area contributed by atoms with E-state index < -0.39 is 9.04 Å². The lowest BCUT2D eigenvalue weighted by molar-refractivity contribution is 0.426. The predicted octanol–water partition coefficient (Wildman–Crippen LogP) is 2.18. The lowest BCUT2D eigenvalue weighted by Crippen LogP contribution is -2.05. The molecule has 0 bridgehead atoms. The van der Waals surface area contributed by atoms with Crippen LogP contribution in [-0.4, -0.2) is 9.04 Å². The van der Waals surface area contributed by atoms with E-state index in [0.29, 0.717) is 0 Å². The Bertz CT molecular complexity index is 78.6. The van der Waals surface area contributed by atoms with Gasteiger partial charge in [0.25, 0.3) is 9.04 Å². The van der Waals surface area contributed by atoms with Crippen LogP contribution in [0.3, 0.4) is 0 Å². The summed E-state index contributed by atoms with van der Waals surface area (Å²) in [6, 6.07) is 0. The maximum absolute atomic E-state index is 5.31. The molecule has 0 aliphatic carbocycles. The zero-order valence-corrected chi connectivity index (χ0v) is 6.82. The first-order valence-electron chi connectivity index (χ1n) is 2.82. The van der Waals surface area contributed by atoms with Crippen LogP contribution >= 0.6 is 0 Å². The minimum absolute atomic E-state index is 0.545. The number of hydrogen-bond donors (Lipinski definition) is 0. The maximum atomic E-state index is 5.31. The molecular formula is C6H13OSi. The maximum Gasteiger partial charge on any atom is 0.273 e. The Kier molecular flexibility index (Phi) is 3.61. The van der Waals surface area contributed by atoms with E-state index >= 15 is 0 Å². The molecule has 8 heavy (non-hydrogen) atoms. The quantitative estimate of drug-likeness (QED) is 0.419. The summed E-state index contributed by atoms with van der Waals surface area (Å²) in [7, 11) is -0.545. The van der Waals surface area contributed by atoms with Gasteiger partial charge >= 0.3 is 0 Å². The van der Waals surface area contributed by atoms with E-state index in [1.165, 1.54) is 0 Å². The van der Waals surface area contributed by atoms with E-state index in [9.17, 15) is 0 Å². The predicted molar refractivity (Wildman–Crippen MR) is 38.0 cm³/mol. The minimum Gasteiger partial charge on any atom is -0.546 e. The van der Waals surface area contributed by atoms with E-state index in [1.807, 2.05) is 6.92 Å². The van der Waals surface area contributed by atoms with Gasteiger partial charge in [-0.3, -0.25) is 0 Å². The molecule has 0 N–H and O–H groups in total. The van der Waals surface area contributed by atoms with E-state index in [1.54, 1.807) is 0 Å². The second kappa shape index (κ2) is 3.72. The van der Waals surface area contributed by atoms with E-state index in [-0.39, 0.29) is 0 Å². The summed E-state index contributed by atoms with van der Waals surface area (Å²) in [4.78, 5) is 0. The summed E-state index contributed by atoms with van der Waals surface area (Å²) >= 11 is 0. The second-order valence-corrected chi connectivity index (χ2v) is 3.92. The first-order chi connectivity index (χ1) is 3.66. The lowest BCUT2D eigenvalue weighted by Gasteiger charge is -2.07. The van der Waals surface area contributed by atoms with Crippen molar-refractivity contribution in [2.24, 2.45) is 0 Å². The average molecular weight is 129 g/mol. The summed E-state index contributed by atoms with van der Waals surface area (Å²) in [5.74, 6) is 0.920. The average Bonchev–Trinajstić information content (AvgIpc) is 1.65. The molecule has 0 unspecified atom stereocenters. The number of rotatable bonds is 3. The molecule has 0 atom stereocenters. The molecule has 0 fully saturated rings. The van der Waals surface area contributed by atoms with Crippen LogP contribution in [0.15, 0.2) is 12.3 Å². The fraction of sp³-hybridized carbons (Fsp3) is 0.667. The molecule has 0 aromatic heterocycles. The van der Waals surface area contributed by atoms with Crippen LogP contribution < -0.4 is 0 Å². The summed E-state index contributed by atoms with van der Waals surface area (Å²) in [5, 5.41) is 0. The molecular weight excluding hydrogens is 116 g/mol. The first kappa shape index (κ1) is 7.76. The van der Waals surface area contributed by atoms with Gasteiger partial charge in [0.1, 0.15) is 0 Å². The lowest BCUT2D eigenvalue weighted by atomic mass is 10.4. The SMILES string of the molecule is C=C(CC)O[Si](C)C. The fourth-order valence-electron chi connectivity index (χ4n) is 0.361. The largest absolute Gasteiger partial charge is 0.546 e. The van der Waals surface area contributed by atoms with Crippen molar-refractivity contribution >= 4 is 9.04 Å². The van der Waals surface area contributed by atoms with Crippen molar-refractivity contribution in [2.45, 2.75) is 26.4 Å². The number of hydrogen-bond acceptors (Lipinski definition) is 1. The van der Waals surface area contributed by atoms with Gasteiger partial charge in [-0.1, -0.05) is 13.5 Å². The third kappa shape index (κ3) is 3.93. The zero-order valence-electron chi connectivity index (χ0n) is 5.82. The molecule has 0 aromatic rings. The highest BCUT2D eigenvalue weighted by atomic mass is 28.3. The van der Waals surface area contributed by atoms with Crippen molar-refractivity contribution in [1.29, 1.82) is 0 Å². The Balaban J connectivity index is 3.25. The van der Waals surface area contributed by atoms with Crippen LogP contribution in [0, 0.1) is 0 Å². The van der Waals surface area contributed by atoms with Crippen LogP contribution in [0.2, 0.25) is 13.1 Å². The Hall–Kier alpha value is -0.243. The molecule has 0 aromatic carbocycles. The molecule has 0 saturated heterocycles. The van der Waals surface area contributed by atoms with Gasteiger partial charge in [-0.25, -0.2) is 0 Å². The summed E-state index contributed by atoms with van der Waals surface area (Å²) in [5.41, 5.74) is 0. The molecule has 2 heteroatoms. The van der Waals surface area contributed by atoms with Crippen molar-refractivity contribution < 1.29 is 4.43 Å². The molecule has 0 aliphatic rings. The first-order valence-corrected chi connectivity index (χ1v) is 5.23. The highest BCUT2D eigenvalue weighted by Gasteiger charge is 1.96. The molecule has 47 valence electrons. The van der Waals surface area contributed by atoms with Crippen LogP contribution in [0.4, 0.5) is 0 Å². The summed E-state index contributed by atoms with van der Waals surface area (Å²) in [6.45, 7) is 9.97. The van der Waals surface area contributed by atoms with Crippen molar-refractivity contribution in [3.05, 3.63) is 12.3 Å². The molecule has 0 amide bonds. The summed E-state index contributed by atoms with van der Waals surface area (Å²) < 4.78 is 5.31. The van der Waals surface area contributed by atoms with Crippen LogP contribution in [0.25, 0.3) is 0 Å². The monoisotopic (exact) mass is 129 g/mol. The molecule has 0 saturated carbocycles. The van der Waals surface area contributed by atoms with Crippen molar-refractivity contribution in [1.82, 2.24) is 0 Å². The molecule has 0 heterocycles. The van der Waals surface area contributed by atoms with Gasteiger partial charge in [-0.2, -0.15) is 0 Å². The molecule has 0 spiro atoms. The van der Waals surface area contributed by atoms with E-state index in [4.69, 9.17) is 4.43 Å². The van der Waals surface area contributed by atoms with Crippen LogP contribution in [0.1, 0.15) is 13.3 Å². The minimum atomic E-state index is -0.545. The number of allylic oxidation sites excluding steroid dienone is 1. The van der Waals surface area contributed by atoms with E-state index in [0.717, 1.165) is 12.2 Å². The zero-order chi connectivity index (χ0) is 6.57. The molecule has 1 nitrogen and oxygen atoms in total. The standard InChI is InChI=1S/C6H13OSi/c1-5-6(2)7-8(3)4/h2,5H2,1,3-4H3. The second-order valence-electron chi connectivity index (χ2n) is 1.90. The van der Waals surface area contributed by atoms with Crippen molar-refractivity contribution in [3.8, 4) is 0 Å². The Morgan fingerprint density at radius 2 is 2.12 bits per heavy atom. The summed E-state index contributed by atoms with van der Waals surface area (Å²) in [6.07, 6.45) is 0.940. The normalized spacial score (nSPS) is 9.50. The van der Waals surface area contributed by atoms with Crippen LogP contribution in [-0.2, 0) is 4.43 Å². The van der Waals surface area contributed by atoms with Gasteiger partial charge in [0.15, 0.2) is 0 Å². The van der Waals surface area contributed by atoms with E-state index in [2.05, 4.69) is 19.7 Å². The highest BCUT2D eigenvalue weighted by molar-refractivity contribution is 6.48. The van der Waals surface area contributed by atoms with Gasteiger partial charge in [0, 0.05) is 0 Å². The third-order valence-electron chi connectivity index (χ3n) is 0.743. The van der Waals surface area contributed by atoms with Gasteiger partial charge < -0.3 is 4.43 Å². The smallest absolute Gasteiger partial charge is 0.273 e. The Labute approximate surface area is 53.1 Å². The third-order valence-corrected chi connectivity index (χ3v) is 1.44. The highest BCUT2D eigenvalue weighted by Crippen LogP contribution is 1.99. The van der Waals surface area contributed by atoms with Gasteiger partial charge in [0.05, 0.1) is 5.76 Å². The van der Waals surface area contributed by atoms with Crippen LogP contribution in [0.5, 0.6) is 0 Å².